The summed E-state index contributed by atoms with van der Waals surface area (Å²) in [5.41, 5.74) is 0. The Balaban J connectivity index is 1.87. The number of morpholine rings is 1. The van der Waals surface area contributed by atoms with Crippen molar-refractivity contribution in [1.82, 2.24) is 4.90 Å². The third-order valence-electron chi connectivity index (χ3n) is 3.33. The van der Waals surface area contributed by atoms with E-state index in [-0.39, 0.29) is 6.10 Å². The molecule has 1 unspecified atom stereocenters. The average Bonchev–Trinajstić information content (AvgIpc) is 2.30. The molecule has 0 N–H and O–H groups in total. The summed E-state index contributed by atoms with van der Waals surface area (Å²) >= 11 is 0. The van der Waals surface area contributed by atoms with Gasteiger partial charge in [0.2, 0.25) is 0 Å². The number of hydrogen-bond acceptors (Lipinski definition) is 3. The maximum Gasteiger partial charge on any atom is 0.156 e. The molecule has 0 aromatic rings. The molecule has 0 aromatic heterocycles. The zero-order chi connectivity index (χ0) is 9.80. The molecule has 0 spiro atoms. The normalized spacial score (nSPS) is 31.2. The van der Waals surface area contributed by atoms with E-state index in [0.29, 0.717) is 0 Å². The van der Waals surface area contributed by atoms with Crippen molar-refractivity contribution in [3.63, 3.8) is 0 Å². The molecular formula is C11H18N2O. The highest BCUT2D eigenvalue weighted by molar-refractivity contribution is 4.91. The van der Waals surface area contributed by atoms with E-state index in [2.05, 4.69) is 11.0 Å². The summed E-state index contributed by atoms with van der Waals surface area (Å²) in [4.78, 5) is 2.45. The van der Waals surface area contributed by atoms with Gasteiger partial charge in [-0.2, -0.15) is 5.26 Å². The molecule has 14 heavy (non-hydrogen) atoms. The van der Waals surface area contributed by atoms with Gasteiger partial charge in [0, 0.05) is 19.1 Å². The Kier molecular flexibility index (Phi) is 3.39. The first-order valence-electron chi connectivity index (χ1n) is 5.65. The van der Waals surface area contributed by atoms with Gasteiger partial charge in [-0.1, -0.05) is 19.3 Å². The van der Waals surface area contributed by atoms with E-state index in [1.54, 1.807) is 0 Å². The van der Waals surface area contributed by atoms with Crippen LogP contribution in [0.25, 0.3) is 0 Å². The van der Waals surface area contributed by atoms with Gasteiger partial charge >= 0.3 is 0 Å². The summed E-state index contributed by atoms with van der Waals surface area (Å²) in [6, 6.07) is 2.93. The van der Waals surface area contributed by atoms with Crippen LogP contribution in [-0.2, 0) is 4.74 Å². The Morgan fingerprint density at radius 3 is 2.71 bits per heavy atom. The van der Waals surface area contributed by atoms with E-state index in [4.69, 9.17) is 10.00 Å². The lowest BCUT2D eigenvalue weighted by atomic mass is 9.94. The molecule has 2 fully saturated rings. The predicted octanol–water partition coefficient (Wildman–Crippen LogP) is 1.54. The Labute approximate surface area is 85.6 Å². The second kappa shape index (κ2) is 4.77. The van der Waals surface area contributed by atoms with Crippen molar-refractivity contribution in [3.05, 3.63) is 0 Å². The monoisotopic (exact) mass is 194 g/mol. The fourth-order valence-corrected chi connectivity index (χ4v) is 2.53. The molecule has 0 radical (unpaired) electrons. The van der Waals surface area contributed by atoms with E-state index in [9.17, 15) is 0 Å². The lowest BCUT2D eigenvalue weighted by molar-refractivity contribution is -0.0230. The van der Waals surface area contributed by atoms with Gasteiger partial charge < -0.3 is 4.74 Å². The Morgan fingerprint density at radius 1 is 1.21 bits per heavy atom. The van der Waals surface area contributed by atoms with Crippen molar-refractivity contribution in [1.29, 1.82) is 5.26 Å². The number of rotatable bonds is 1. The second-order valence-electron chi connectivity index (χ2n) is 4.28. The highest BCUT2D eigenvalue weighted by Gasteiger charge is 2.26. The van der Waals surface area contributed by atoms with E-state index in [0.717, 1.165) is 25.7 Å². The summed E-state index contributed by atoms with van der Waals surface area (Å²) in [7, 11) is 0. The molecule has 1 saturated heterocycles. The molecule has 1 saturated carbocycles. The molecule has 2 aliphatic rings. The van der Waals surface area contributed by atoms with Gasteiger partial charge in [0.05, 0.1) is 12.7 Å². The lowest BCUT2D eigenvalue weighted by Gasteiger charge is -2.38. The van der Waals surface area contributed by atoms with E-state index in [1.165, 1.54) is 32.1 Å². The molecule has 3 heteroatoms. The largest absolute Gasteiger partial charge is 0.361 e. The highest BCUT2D eigenvalue weighted by atomic mass is 16.5. The Hall–Kier alpha value is -0.590. The van der Waals surface area contributed by atoms with Crippen LogP contribution in [0.4, 0.5) is 0 Å². The zero-order valence-electron chi connectivity index (χ0n) is 8.61. The van der Waals surface area contributed by atoms with Crippen LogP contribution < -0.4 is 0 Å². The van der Waals surface area contributed by atoms with Crippen molar-refractivity contribution in [2.24, 2.45) is 0 Å². The second-order valence-corrected chi connectivity index (χ2v) is 4.28. The van der Waals surface area contributed by atoms with E-state index >= 15 is 0 Å². The third kappa shape index (κ3) is 2.26. The average molecular weight is 194 g/mol. The lowest BCUT2D eigenvalue weighted by Crippen LogP contribution is -2.47. The molecule has 3 nitrogen and oxygen atoms in total. The summed E-state index contributed by atoms with van der Waals surface area (Å²) in [6.45, 7) is 2.57. The van der Waals surface area contributed by atoms with Crippen molar-refractivity contribution < 1.29 is 4.74 Å². The predicted molar refractivity (Wildman–Crippen MR) is 53.8 cm³/mol. The maximum absolute atomic E-state index is 8.81. The van der Waals surface area contributed by atoms with Crippen molar-refractivity contribution in [3.8, 4) is 6.07 Å². The SMILES string of the molecule is N#CC1CN(C2CCCCC2)CCO1. The van der Waals surface area contributed by atoms with Gasteiger partial charge in [0.1, 0.15) is 0 Å². The van der Waals surface area contributed by atoms with Crippen molar-refractivity contribution in [2.75, 3.05) is 19.7 Å². The zero-order valence-corrected chi connectivity index (χ0v) is 8.61. The first kappa shape index (κ1) is 9.95. The molecule has 78 valence electrons. The number of nitrogens with zero attached hydrogens (tertiary/aromatic N) is 2. The first-order valence-corrected chi connectivity index (χ1v) is 5.65. The minimum Gasteiger partial charge on any atom is -0.361 e. The van der Waals surface area contributed by atoms with Crippen LogP contribution in [0.3, 0.4) is 0 Å². The molecule has 1 aliphatic heterocycles. The summed E-state index contributed by atoms with van der Waals surface area (Å²) in [5, 5.41) is 8.81. The number of nitriles is 1. The topological polar surface area (TPSA) is 36.3 Å². The molecule has 1 aliphatic carbocycles. The van der Waals surface area contributed by atoms with Crippen LogP contribution in [0.2, 0.25) is 0 Å². The van der Waals surface area contributed by atoms with Crippen LogP contribution in [0.5, 0.6) is 0 Å². The minimum absolute atomic E-state index is 0.189. The molecule has 1 atom stereocenters. The molecule has 0 bridgehead atoms. The smallest absolute Gasteiger partial charge is 0.156 e. The summed E-state index contributed by atoms with van der Waals surface area (Å²) < 4.78 is 5.35. The van der Waals surface area contributed by atoms with Crippen LogP contribution >= 0.6 is 0 Å². The fourth-order valence-electron chi connectivity index (χ4n) is 2.53. The summed E-state index contributed by atoms with van der Waals surface area (Å²) in [6.07, 6.45) is 6.56. The first-order chi connectivity index (χ1) is 6.90. The van der Waals surface area contributed by atoms with Gasteiger partial charge in [-0.3, -0.25) is 4.90 Å². The van der Waals surface area contributed by atoms with Crippen LogP contribution in [-0.4, -0.2) is 36.7 Å². The van der Waals surface area contributed by atoms with Crippen LogP contribution in [0.15, 0.2) is 0 Å². The molecule has 0 amide bonds. The Morgan fingerprint density at radius 2 is 2.00 bits per heavy atom. The highest BCUT2D eigenvalue weighted by Crippen LogP contribution is 2.23. The standard InChI is InChI=1S/C11H18N2O/c12-8-11-9-13(6-7-14-11)10-4-2-1-3-5-10/h10-11H,1-7,9H2. The molecule has 0 aromatic carbocycles. The van der Waals surface area contributed by atoms with Crippen LogP contribution in [0.1, 0.15) is 32.1 Å². The van der Waals surface area contributed by atoms with Crippen molar-refractivity contribution >= 4 is 0 Å². The molecule has 2 rings (SSSR count). The van der Waals surface area contributed by atoms with Gasteiger partial charge in [0.25, 0.3) is 0 Å². The van der Waals surface area contributed by atoms with Gasteiger partial charge in [-0.05, 0) is 12.8 Å². The van der Waals surface area contributed by atoms with Gasteiger partial charge in [-0.25, -0.2) is 0 Å². The third-order valence-corrected chi connectivity index (χ3v) is 3.33. The van der Waals surface area contributed by atoms with Gasteiger partial charge in [-0.15, -0.1) is 0 Å². The van der Waals surface area contributed by atoms with E-state index in [1.807, 2.05) is 0 Å². The van der Waals surface area contributed by atoms with E-state index < -0.39 is 0 Å². The summed E-state index contributed by atoms with van der Waals surface area (Å²) in [5.74, 6) is 0. The molecule has 1 heterocycles. The Bertz CT molecular complexity index is 218. The van der Waals surface area contributed by atoms with Gasteiger partial charge in [0.15, 0.2) is 6.10 Å². The number of ether oxygens (including phenoxy) is 1. The van der Waals surface area contributed by atoms with Crippen LogP contribution in [0, 0.1) is 11.3 Å². The quantitative estimate of drug-likeness (QED) is 0.635. The maximum atomic E-state index is 8.81. The van der Waals surface area contributed by atoms with Crippen molar-refractivity contribution in [2.45, 2.75) is 44.2 Å². The number of hydrogen-bond donors (Lipinski definition) is 0. The minimum atomic E-state index is -0.189. The molecular weight excluding hydrogens is 176 g/mol. The fraction of sp³-hybridized carbons (Fsp3) is 0.909.